The van der Waals surface area contributed by atoms with Gasteiger partial charge in [-0.1, -0.05) is 0 Å². The van der Waals surface area contributed by atoms with Crippen molar-refractivity contribution >= 4 is 11.4 Å². The van der Waals surface area contributed by atoms with Crippen LogP contribution in [0.2, 0.25) is 0 Å². The van der Waals surface area contributed by atoms with E-state index in [9.17, 15) is 0 Å². The van der Waals surface area contributed by atoms with E-state index in [2.05, 4.69) is 29.2 Å². The summed E-state index contributed by atoms with van der Waals surface area (Å²) < 4.78 is 0. The highest BCUT2D eigenvalue weighted by Gasteiger charge is 2.20. The summed E-state index contributed by atoms with van der Waals surface area (Å²) in [5, 5.41) is 3.33. The molecule has 2 rings (SSSR count). The molecule has 0 aliphatic carbocycles. The van der Waals surface area contributed by atoms with Crippen molar-refractivity contribution < 1.29 is 0 Å². The van der Waals surface area contributed by atoms with Crippen molar-refractivity contribution in [1.82, 2.24) is 4.98 Å². The van der Waals surface area contributed by atoms with Gasteiger partial charge < -0.3 is 10.2 Å². The van der Waals surface area contributed by atoms with Crippen LogP contribution in [0, 0.1) is 0 Å². The number of pyridine rings is 1. The zero-order valence-electron chi connectivity index (χ0n) is 6.70. The maximum atomic E-state index is 4.06. The van der Waals surface area contributed by atoms with Gasteiger partial charge in [0.1, 0.15) is 0 Å². The van der Waals surface area contributed by atoms with Gasteiger partial charge in [-0.25, -0.2) is 0 Å². The van der Waals surface area contributed by atoms with Crippen molar-refractivity contribution in [2.45, 2.75) is 13.1 Å². The molecule has 0 radical (unpaired) electrons. The molecule has 0 aromatic carbocycles. The summed E-state index contributed by atoms with van der Waals surface area (Å²) >= 11 is 0. The van der Waals surface area contributed by atoms with Crippen LogP contribution in [0.1, 0.15) is 6.92 Å². The molecule has 1 atom stereocenters. The summed E-state index contributed by atoms with van der Waals surface area (Å²) in [6, 6.07) is 2.00. The third-order valence-corrected chi connectivity index (χ3v) is 2.13. The monoisotopic (exact) mass is 149 g/mol. The van der Waals surface area contributed by atoms with E-state index in [4.69, 9.17) is 0 Å². The molecule has 11 heavy (non-hydrogen) atoms. The van der Waals surface area contributed by atoms with Crippen LogP contribution in [-0.2, 0) is 0 Å². The van der Waals surface area contributed by atoms with Crippen LogP contribution in [0.3, 0.4) is 0 Å². The molecule has 0 unspecified atom stereocenters. The minimum Gasteiger partial charge on any atom is -0.364 e. The van der Waals surface area contributed by atoms with E-state index in [0.717, 1.165) is 0 Å². The van der Waals surface area contributed by atoms with Crippen LogP contribution in [0.5, 0.6) is 0 Å². The molecule has 1 N–H and O–H groups in total. The van der Waals surface area contributed by atoms with Crippen molar-refractivity contribution in [2.24, 2.45) is 0 Å². The number of rotatable bonds is 0. The maximum Gasteiger partial charge on any atom is 0.0959 e. The first-order valence-corrected chi connectivity index (χ1v) is 3.72. The van der Waals surface area contributed by atoms with Gasteiger partial charge in [0.05, 0.1) is 23.7 Å². The van der Waals surface area contributed by atoms with Crippen molar-refractivity contribution in [3.63, 3.8) is 0 Å². The average Bonchev–Trinajstić information content (AvgIpc) is 2.30. The lowest BCUT2D eigenvalue weighted by Crippen LogP contribution is -2.28. The predicted octanol–water partition coefficient (Wildman–Crippen LogP) is 1.29. The number of hydrogen-bond donors (Lipinski definition) is 1. The molecule has 3 nitrogen and oxygen atoms in total. The van der Waals surface area contributed by atoms with Crippen LogP contribution in [-0.4, -0.2) is 18.2 Å². The molecule has 0 saturated heterocycles. The lowest BCUT2D eigenvalue weighted by molar-refractivity contribution is 0.805. The summed E-state index contributed by atoms with van der Waals surface area (Å²) in [7, 11) is 2.06. The standard InChI is InChI=1S/C8H11N3/c1-6-10-7-3-4-9-5-8(7)11(6)2/h3-6,10H,1-2H3/t6-/m0/s1. The average molecular weight is 149 g/mol. The Bertz CT molecular complexity index is 272. The fourth-order valence-corrected chi connectivity index (χ4v) is 1.32. The molecule has 0 spiro atoms. The summed E-state index contributed by atoms with van der Waals surface area (Å²) in [6.45, 7) is 2.12. The Hall–Kier alpha value is -1.25. The lowest BCUT2D eigenvalue weighted by atomic mass is 10.3. The van der Waals surface area contributed by atoms with Crippen molar-refractivity contribution in [3.8, 4) is 0 Å². The second-order valence-electron chi connectivity index (χ2n) is 2.82. The van der Waals surface area contributed by atoms with Gasteiger partial charge in [0.25, 0.3) is 0 Å². The highest BCUT2D eigenvalue weighted by atomic mass is 15.3. The molecule has 1 aromatic rings. The zero-order chi connectivity index (χ0) is 7.84. The molecule has 0 amide bonds. The Labute approximate surface area is 66.0 Å². The number of aromatic nitrogens is 1. The van der Waals surface area contributed by atoms with E-state index in [1.807, 2.05) is 12.3 Å². The third kappa shape index (κ3) is 0.843. The molecule has 2 heterocycles. The molecule has 1 aliphatic heterocycles. The highest BCUT2D eigenvalue weighted by molar-refractivity contribution is 5.74. The summed E-state index contributed by atoms with van der Waals surface area (Å²) in [4.78, 5) is 6.23. The molecule has 1 aliphatic rings. The second-order valence-corrected chi connectivity index (χ2v) is 2.82. The van der Waals surface area contributed by atoms with Gasteiger partial charge in [-0.05, 0) is 13.0 Å². The van der Waals surface area contributed by atoms with Gasteiger partial charge in [-0.2, -0.15) is 0 Å². The SMILES string of the molecule is C[C@H]1Nc2ccncc2N1C. The Morgan fingerprint density at radius 1 is 1.64 bits per heavy atom. The van der Waals surface area contributed by atoms with Crippen molar-refractivity contribution in [2.75, 3.05) is 17.3 Å². The van der Waals surface area contributed by atoms with Gasteiger partial charge in [0, 0.05) is 13.2 Å². The normalized spacial score (nSPS) is 21.3. The summed E-state index contributed by atoms with van der Waals surface area (Å²) in [5.41, 5.74) is 2.36. The largest absolute Gasteiger partial charge is 0.364 e. The smallest absolute Gasteiger partial charge is 0.0959 e. The van der Waals surface area contributed by atoms with E-state index in [0.29, 0.717) is 6.17 Å². The number of nitrogens with zero attached hydrogens (tertiary/aromatic N) is 2. The molecule has 1 aromatic heterocycles. The van der Waals surface area contributed by atoms with Gasteiger partial charge in [-0.15, -0.1) is 0 Å². The van der Waals surface area contributed by atoms with Gasteiger partial charge >= 0.3 is 0 Å². The fraction of sp³-hybridized carbons (Fsp3) is 0.375. The van der Waals surface area contributed by atoms with Gasteiger partial charge in [-0.3, -0.25) is 4.98 Å². The minimum atomic E-state index is 0.384. The van der Waals surface area contributed by atoms with Crippen LogP contribution < -0.4 is 10.2 Å². The minimum absolute atomic E-state index is 0.384. The third-order valence-electron chi connectivity index (χ3n) is 2.13. The molecule has 0 saturated carbocycles. The number of hydrogen-bond acceptors (Lipinski definition) is 3. The first kappa shape index (κ1) is 6.46. The van der Waals surface area contributed by atoms with E-state index in [-0.39, 0.29) is 0 Å². The Morgan fingerprint density at radius 3 is 3.18 bits per heavy atom. The first-order valence-electron chi connectivity index (χ1n) is 3.72. The highest BCUT2D eigenvalue weighted by Crippen LogP contribution is 2.31. The van der Waals surface area contributed by atoms with Gasteiger partial charge in [0.15, 0.2) is 0 Å². The maximum absolute atomic E-state index is 4.06. The molecular formula is C8H11N3. The number of anilines is 2. The van der Waals surface area contributed by atoms with E-state index in [1.165, 1.54) is 11.4 Å². The molecule has 0 fully saturated rings. The Morgan fingerprint density at radius 2 is 2.45 bits per heavy atom. The lowest BCUT2D eigenvalue weighted by Gasteiger charge is -2.16. The summed E-state index contributed by atoms with van der Waals surface area (Å²) in [5.74, 6) is 0. The molecule has 58 valence electrons. The zero-order valence-corrected chi connectivity index (χ0v) is 6.70. The van der Waals surface area contributed by atoms with Crippen molar-refractivity contribution in [3.05, 3.63) is 18.5 Å². The Kier molecular flexibility index (Phi) is 1.24. The van der Waals surface area contributed by atoms with E-state index < -0.39 is 0 Å². The van der Waals surface area contributed by atoms with Crippen LogP contribution >= 0.6 is 0 Å². The van der Waals surface area contributed by atoms with E-state index >= 15 is 0 Å². The van der Waals surface area contributed by atoms with Crippen LogP contribution in [0.25, 0.3) is 0 Å². The topological polar surface area (TPSA) is 28.2 Å². The quantitative estimate of drug-likeness (QED) is 0.602. The Balaban J connectivity index is 2.47. The molecule has 0 bridgehead atoms. The second kappa shape index (κ2) is 2.12. The molecule has 3 heteroatoms. The summed E-state index contributed by atoms with van der Waals surface area (Å²) in [6.07, 6.45) is 4.07. The number of nitrogens with one attached hydrogen (secondary N) is 1. The first-order chi connectivity index (χ1) is 5.29. The predicted molar refractivity (Wildman–Crippen MR) is 45.7 cm³/mol. The van der Waals surface area contributed by atoms with Crippen LogP contribution in [0.15, 0.2) is 18.5 Å². The molecular weight excluding hydrogens is 138 g/mol. The van der Waals surface area contributed by atoms with Crippen molar-refractivity contribution in [1.29, 1.82) is 0 Å². The van der Waals surface area contributed by atoms with Crippen LogP contribution in [0.4, 0.5) is 11.4 Å². The fourth-order valence-electron chi connectivity index (χ4n) is 1.32. The van der Waals surface area contributed by atoms with Gasteiger partial charge in [0.2, 0.25) is 0 Å². The van der Waals surface area contributed by atoms with E-state index in [1.54, 1.807) is 6.20 Å². The number of fused-ring (bicyclic) bond motifs is 1.